The van der Waals surface area contributed by atoms with Crippen molar-refractivity contribution in [2.45, 2.75) is 11.5 Å². The maximum absolute atomic E-state index is 12.3. The minimum Gasteiger partial charge on any atom is -0.455 e. The molecule has 130 valence electrons. The van der Waals surface area contributed by atoms with Gasteiger partial charge < -0.3 is 14.6 Å². The number of carbonyl (C=O) groups is 2. The van der Waals surface area contributed by atoms with Crippen molar-refractivity contribution in [1.82, 2.24) is 5.16 Å². The predicted octanol–water partition coefficient (Wildman–Crippen LogP) is 3.74. The Hall–Kier alpha value is -3.06. The predicted molar refractivity (Wildman–Crippen MR) is 96.9 cm³/mol. The second kappa shape index (κ2) is 7.05. The molecule has 1 aliphatic rings. The number of hydrogen-bond donors (Lipinski definition) is 1. The van der Waals surface area contributed by atoms with E-state index in [1.807, 2.05) is 30.3 Å². The molecule has 2 aromatic carbocycles. The number of nitrogens with one attached hydrogen (secondary N) is 1. The maximum Gasteiger partial charge on any atom is 0.338 e. The number of esters is 1. The van der Waals surface area contributed by atoms with Gasteiger partial charge in [-0.3, -0.25) is 4.79 Å². The molecule has 0 saturated heterocycles. The molecule has 0 aliphatic carbocycles. The topological polar surface area (TPSA) is 81.4 Å². The van der Waals surface area contributed by atoms with Gasteiger partial charge in [0, 0.05) is 16.5 Å². The Balaban J connectivity index is 1.42. The van der Waals surface area contributed by atoms with Gasteiger partial charge in [0.05, 0.1) is 17.0 Å². The highest BCUT2D eigenvalue weighted by Gasteiger charge is 2.18. The number of aromatic nitrogens is 1. The SMILES string of the molecule is O=C1CSc2ccc(C(=O)OCc3cc(-c4ccccc4)on3)cc2N1. The number of ether oxygens (including phenoxy) is 1. The molecular weight excluding hydrogens is 352 g/mol. The zero-order valence-electron chi connectivity index (χ0n) is 13.6. The van der Waals surface area contributed by atoms with Crippen molar-refractivity contribution in [1.29, 1.82) is 0 Å². The number of carbonyl (C=O) groups excluding carboxylic acids is 2. The van der Waals surface area contributed by atoms with E-state index in [9.17, 15) is 9.59 Å². The van der Waals surface area contributed by atoms with Gasteiger partial charge in [0.1, 0.15) is 12.3 Å². The molecule has 6 nitrogen and oxygen atoms in total. The van der Waals surface area contributed by atoms with Crippen LogP contribution >= 0.6 is 11.8 Å². The third kappa shape index (κ3) is 3.48. The third-order valence-corrected chi connectivity index (χ3v) is 4.89. The summed E-state index contributed by atoms with van der Waals surface area (Å²) in [6.45, 7) is 0.00730. The molecule has 2 heterocycles. The number of amides is 1. The number of benzene rings is 2. The third-order valence-electron chi connectivity index (χ3n) is 3.82. The fourth-order valence-electron chi connectivity index (χ4n) is 2.55. The Morgan fingerprint density at radius 1 is 1.19 bits per heavy atom. The van der Waals surface area contributed by atoms with Crippen LogP contribution in [0.4, 0.5) is 5.69 Å². The Bertz CT molecular complexity index is 969. The molecule has 0 unspecified atom stereocenters. The average Bonchev–Trinajstić information content (AvgIpc) is 3.15. The van der Waals surface area contributed by atoms with Gasteiger partial charge in [-0.15, -0.1) is 11.8 Å². The van der Waals surface area contributed by atoms with Gasteiger partial charge in [-0.2, -0.15) is 0 Å². The number of nitrogens with zero attached hydrogens (tertiary/aromatic N) is 1. The van der Waals surface area contributed by atoms with Gasteiger partial charge in [0.15, 0.2) is 5.76 Å². The fourth-order valence-corrected chi connectivity index (χ4v) is 3.34. The molecule has 3 aromatic rings. The van der Waals surface area contributed by atoms with Crippen molar-refractivity contribution < 1.29 is 18.8 Å². The van der Waals surface area contributed by atoms with E-state index < -0.39 is 5.97 Å². The molecule has 1 aromatic heterocycles. The van der Waals surface area contributed by atoms with Crippen LogP contribution in [0.5, 0.6) is 0 Å². The Morgan fingerprint density at radius 3 is 2.88 bits per heavy atom. The molecule has 0 spiro atoms. The second-order valence-corrected chi connectivity index (χ2v) is 6.69. The van der Waals surface area contributed by atoms with Crippen LogP contribution < -0.4 is 5.32 Å². The van der Waals surface area contributed by atoms with Gasteiger partial charge in [0.2, 0.25) is 5.91 Å². The summed E-state index contributed by atoms with van der Waals surface area (Å²) in [7, 11) is 0. The number of anilines is 1. The van der Waals surface area contributed by atoms with Crippen LogP contribution in [0, 0.1) is 0 Å². The van der Waals surface area contributed by atoms with Crippen molar-refractivity contribution in [2.75, 3.05) is 11.1 Å². The lowest BCUT2D eigenvalue weighted by Gasteiger charge is -2.16. The molecule has 0 fully saturated rings. The normalized spacial score (nSPS) is 13.0. The van der Waals surface area contributed by atoms with Crippen LogP contribution in [0.15, 0.2) is 64.0 Å². The summed E-state index contributed by atoms with van der Waals surface area (Å²) >= 11 is 1.44. The number of fused-ring (bicyclic) bond motifs is 1. The highest BCUT2D eigenvalue weighted by atomic mass is 32.2. The standard InChI is InChI=1S/C19H14N2O4S/c22-18-11-26-17-7-6-13(8-15(17)20-18)19(23)24-10-14-9-16(25-21-14)12-4-2-1-3-5-12/h1-9H,10-11H2,(H,20,22). The molecule has 1 amide bonds. The van der Waals surface area contributed by atoms with Crippen LogP contribution in [0.1, 0.15) is 16.1 Å². The molecule has 0 radical (unpaired) electrons. The van der Waals surface area contributed by atoms with Crippen LogP contribution in [-0.4, -0.2) is 22.8 Å². The lowest BCUT2D eigenvalue weighted by atomic mass is 10.2. The van der Waals surface area contributed by atoms with Gasteiger partial charge >= 0.3 is 5.97 Å². The van der Waals surface area contributed by atoms with Crippen molar-refractivity contribution in [3.63, 3.8) is 0 Å². The van der Waals surface area contributed by atoms with E-state index in [-0.39, 0.29) is 12.5 Å². The zero-order valence-corrected chi connectivity index (χ0v) is 14.4. The monoisotopic (exact) mass is 366 g/mol. The highest BCUT2D eigenvalue weighted by molar-refractivity contribution is 8.00. The van der Waals surface area contributed by atoms with E-state index in [0.717, 1.165) is 10.5 Å². The zero-order chi connectivity index (χ0) is 17.9. The molecule has 7 heteroatoms. The van der Waals surface area contributed by atoms with Crippen LogP contribution in [0.2, 0.25) is 0 Å². The lowest BCUT2D eigenvalue weighted by molar-refractivity contribution is -0.113. The summed E-state index contributed by atoms with van der Waals surface area (Å²) in [5, 5.41) is 6.68. The molecule has 4 rings (SSSR count). The quantitative estimate of drug-likeness (QED) is 0.709. The lowest BCUT2D eigenvalue weighted by Crippen LogP contribution is -2.19. The largest absolute Gasteiger partial charge is 0.455 e. The first-order valence-corrected chi connectivity index (χ1v) is 8.92. The summed E-state index contributed by atoms with van der Waals surface area (Å²) in [6.07, 6.45) is 0. The summed E-state index contributed by atoms with van der Waals surface area (Å²) in [6, 6.07) is 16.4. The summed E-state index contributed by atoms with van der Waals surface area (Å²) in [5.41, 5.74) is 2.44. The van der Waals surface area contributed by atoms with E-state index in [4.69, 9.17) is 9.26 Å². The molecule has 26 heavy (non-hydrogen) atoms. The number of thioether (sulfide) groups is 1. The first kappa shape index (κ1) is 16.4. The minimum absolute atomic E-state index is 0.00730. The first-order valence-electron chi connectivity index (χ1n) is 7.94. The molecular formula is C19H14N2O4S. The summed E-state index contributed by atoms with van der Waals surface area (Å²) in [5.74, 6) is 0.434. The van der Waals surface area contributed by atoms with E-state index in [2.05, 4.69) is 10.5 Å². The van der Waals surface area contributed by atoms with E-state index in [0.29, 0.717) is 28.5 Å². The van der Waals surface area contributed by atoms with Gasteiger partial charge in [-0.1, -0.05) is 35.5 Å². The highest BCUT2D eigenvalue weighted by Crippen LogP contribution is 2.32. The number of hydrogen-bond acceptors (Lipinski definition) is 6. The Kier molecular flexibility index (Phi) is 4.45. The molecule has 0 atom stereocenters. The van der Waals surface area contributed by atoms with Gasteiger partial charge in [-0.05, 0) is 18.2 Å². The van der Waals surface area contributed by atoms with E-state index in [1.165, 1.54) is 11.8 Å². The Morgan fingerprint density at radius 2 is 2.04 bits per heavy atom. The summed E-state index contributed by atoms with van der Waals surface area (Å²) < 4.78 is 10.6. The average molecular weight is 366 g/mol. The smallest absolute Gasteiger partial charge is 0.338 e. The minimum atomic E-state index is -0.484. The molecule has 0 saturated carbocycles. The van der Waals surface area contributed by atoms with E-state index >= 15 is 0 Å². The summed E-state index contributed by atoms with van der Waals surface area (Å²) in [4.78, 5) is 24.7. The molecule has 1 N–H and O–H groups in total. The second-order valence-electron chi connectivity index (χ2n) is 5.67. The fraction of sp³-hybridized carbons (Fsp3) is 0.105. The first-order chi connectivity index (χ1) is 12.7. The van der Waals surface area contributed by atoms with E-state index in [1.54, 1.807) is 24.3 Å². The van der Waals surface area contributed by atoms with Crippen LogP contribution in [-0.2, 0) is 16.1 Å². The van der Waals surface area contributed by atoms with Crippen molar-refractivity contribution in [2.24, 2.45) is 0 Å². The number of rotatable bonds is 4. The van der Waals surface area contributed by atoms with Crippen molar-refractivity contribution in [3.8, 4) is 11.3 Å². The van der Waals surface area contributed by atoms with Crippen LogP contribution in [0.3, 0.4) is 0 Å². The van der Waals surface area contributed by atoms with Gasteiger partial charge in [-0.25, -0.2) is 4.79 Å². The van der Waals surface area contributed by atoms with Gasteiger partial charge in [0.25, 0.3) is 0 Å². The Labute approximate surface area is 153 Å². The van der Waals surface area contributed by atoms with Crippen molar-refractivity contribution >= 4 is 29.3 Å². The van der Waals surface area contributed by atoms with Crippen LogP contribution in [0.25, 0.3) is 11.3 Å². The molecule has 0 bridgehead atoms. The molecule has 1 aliphatic heterocycles. The van der Waals surface area contributed by atoms with Crippen molar-refractivity contribution in [3.05, 3.63) is 65.9 Å². The maximum atomic E-state index is 12.3.